The number of sulfonamides is 1. The Bertz CT molecular complexity index is 565. The van der Waals surface area contributed by atoms with E-state index in [1.54, 1.807) is 12.1 Å². The van der Waals surface area contributed by atoms with Crippen LogP contribution in [0.4, 0.5) is 4.79 Å². The van der Waals surface area contributed by atoms with Gasteiger partial charge in [-0.05, 0) is 25.0 Å². The second kappa shape index (κ2) is 7.69. The molecule has 1 aromatic carbocycles. The van der Waals surface area contributed by atoms with Gasteiger partial charge in [-0.3, -0.25) is 0 Å². The normalized spacial score (nSPS) is 12.0. The fraction of sp³-hybridized carbons (Fsp3) is 0.357. The summed E-state index contributed by atoms with van der Waals surface area (Å²) < 4.78 is 25.9. The third-order valence-electron chi connectivity index (χ3n) is 2.64. The Labute approximate surface area is 120 Å². The average molecular weight is 296 g/mol. The average Bonchev–Trinajstić information content (AvgIpc) is 2.39. The highest BCUT2D eigenvalue weighted by molar-refractivity contribution is 7.94. The minimum absolute atomic E-state index is 0.0920. The van der Waals surface area contributed by atoms with Crippen molar-refractivity contribution in [3.05, 3.63) is 40.8 Å². The molecule has 0 unspecified atom stereocenters. The van der Waals surface area contributed by atoms with Crippen molar-refractivity contribution in [3.63, 3.8) is 0 Å². The lowest BCUT2D eigenvalue weighted by Gasteiger charge is -2.08. The maximum absolute atomic E-state index is 11.9. The molecular weight excluding hydrogens is 276 g/mol. The molecule has 0 spiro atoms. The molecule has 6 heteroatoms. The van der Waals surface area contributed by atoms with Crippen LogP contribution in [-0.4, -0.2) is 21.0 Å². The van der Waals surface area contributed by atoms with E-state index in [1.165, 1.54) is 13.0 Å². The van der Waals surface area contributed by atoms with Crippen LogP contribution in [0.15, 0.2) is 35.2 Å². The zero-order valence-electron chi connectivity index (χ0n) is 11.7. The summed E-state index contributed by atoms with van der Waals surface area (Å²) in [5.41, 5.74) is 0.766. The van der Waals surface area contributed by atoms with Gasteiger partial charge >= 0.3 is 6.03 Å². The van der Waals surface area contributed by atoms with Gasteiger partial charge in [0, 0.05) is 6.54 Å². The van der Waals surface area contributed by atoms with E-state index < -0.39 is 16.1 Å². The molecule has 110 valence electrons. The smallest absolute Gasteiger partial charge is 0.328 e. The number of unbranched alkanes of at least 4 members (excludes halogenated alkanes) is 1. The molecule has 20 heavy (non-hydrogen) atoms. The third kappa shape index (κ3) is 5.44. The number of amides is 2. The van der Waals surface area contributed by atoms with Gasteiger partial charge in [0.2, 0.25) is 0 Å². The van der Waals surface area contributed by atoms with Crippen molar-refractivity contribution in [3.8, 4) is 0 Å². The quantitative estimate of drug-likeness (QED) is 0.792. The van der Waals surface area contributed by atoms with Crippen LogP contribution in [0.25, 0.3) is 6.08 Å². The summed E-state index contributed by atoms with van der Waals surface area (Å²) in [5.74, 6) is 0. The highest BCUT2D eigenvalue weighted by atomic mass is 32.2. The number of rotatable bonds is 6. The second-order valence-corrected chi connectivity index (χ2v) is 6.24. The maximum atomic E-state index is 11.9. The Morgan fingerprint density at radius 2 is 1.90 bits per heavy atom. The van der Waals surface area contributed by atoms with Crippen LogP contribution < -0.4 is 10.0 Å². The minimum Gasteiger partial charge on any atom is -0.337 e. The van der Waals surface area contributed by atoms with E-state index in [0.717, 1.165) is 18.4 Å². The second-order valence-electron chi connectivity index (χ2n) is 4.38. The number of allylic oxidation sites excluding steroid dienone is 1. The number of urea groups is 1. The van der Waals surface area contributed by atoms with Crippen molar-refractivity contribution in [2.45, 2.75) is 26.7 Å². The van der Waals surface area contributed by atoms with Crippen LogP contribution in [0.1, 0.15) is 32.3 Å². The molecule has 0 bridgehead atoms. The molecule has 0 aromatic heterocycles. The van der Waals surface area contributed by atoms with E-state index in [2.05, 4.69) is 5.32 Å². The van der Waals surface area contributed by atoms with Gasteiger partial charge in [-0.1, -0.05) is 43.7 Å². The lowest BCUT2D eigenvalue weighted by Crippen LogP contribution is -2.39. The van der Waals surface area contributed by atoms with E-state index in [9.17, 15) is 13.2 Å². The van der Waals surface area contributed by atoms with Gasteiger partial charge in [0.25, 0.3) is 10.0 Å². The molecule has 2 N–H and O–H groups in total. The van der Waals surface area contributed by atoms with Crippen molar-refractivity contribution in [2.24, 2.45) is 0 Å². The van der Waals surface area contributed by atoms with Crippen molar-refractivity contribution < 1.29 is 13.2 Å². The fourth-order valence-electron chi connectivity index (χ4n) is 1.48. The molecule has 0 fully saturated rings. The van der Waals surface area contributed by atoms with Crippen LogP contribution >= 0.6 is 0 Å². The molecule has 0 aliphatic carbocycles. The van der Waals surface area contributed by atoms with Crippen LogP contribution in [0.3, 0.4) is 0 Å². The Morgan fingerprint density at radius 3 is 2.50 bits per heavy atom. The molecule has 1 aromatic rings. The van der Waals surface area contributed by atoms with Gasteiger partial charge in [-0.2, -0.15) is 0 Å². The summed E-state index contributed by atoms with van der Waals surface area (Å²) in [4.78, 5) is 11.6. The first-order chi connectivity index (χ1) is 9.45. The molecule has 1 rings (SSSR count). The molecular formula is C14H20N2O3S. The number of benzene rings is 1. The topological polar surface area (TPSA) is 75.3 Å². The van der Waals surface area contributed by atoms with E-state index >= 15 is 0 Å². The van der Waals surface area contributed by atoms with Crippen LogP contribution in [0.2, 0.25) is 0 Å². The van der Waals surface area contributed by atoms with Gasteiger partial charge in [0.1, 0.15) is 0 Å². The number of carbonyl (C=O) groups is 1. The number of carbonyl (C=O) groups excluding carboxylic acids is 1. The van der Waals surface area contributed by atoms with Crippen molar-refractivity contribution >= 4 is 22.1 Å². The zero-order chi connectivity index (χ0) is 15.0. The molecule has 0 heterocycles. The standard InChI is InChI=1S/C14H20N2O3S/c1-3-4-10-15-14(17)16-20(18,19)12(2)11-13-8-6-5-7-9-13/h5-9,11H,3-4,10H2,1-2H3,(H2,15,16,17). The minimum atomic E-state index is -3.80. The van der Waals surface area contributed by atoms with Crippen LogP contribution in [-0.2, 0) is 10.0 Å². The van der Waals surface area contributed by atoms with E-state index in [1.807, 2.05) is 29.8 Å². The first-order valence-electron chi connectivity index (χ1n) is 6.49. The van der Waals surface area contributed by atoms with Gasteiger partial charge < -0.3 is 5.32 Å². The number of hydrogen-bond acceptors (Lipinski definition) is 3. The Kier molecular flexibility index (Phi) is 6.24. The Hall–Kier alpha value is -1.82. The first kappa shape index (κ1) is 16.2. The predicted molar refractivity (Wildman–Crippen MR) is 80.5 cm³/mol. The zero-order valence-corrected chi connectivity index (χ0v) is 12.5. The predicted octanol–water partition coefficient (Wildman–Crippen LogP) is 2.48. The van der Waals surface area contributed by atoms with E-state index in [0.29, 0.717) is 6.54 Å². The molecule has 2 amide bonds. The lowest BCUT2D eigenvalue weighted by molar-refractivity contribution is 0.245. The van der Waals surface area contributed by atoms with Crippen molar-refractivity contribution in [1.82, 2.24) is 10.0 Å². The van der Waals surface area contributed by atoms with Gasteiger partial charge in [0.05, 0.1) is 4.91 Å². The van der Waals surface area contributed by atoms with E-state index in [4.69, 9.17) is 0 Å². The monoisotopic (exact) mass is 296 g/mol. The first-order valence-corrected chi connectivity index (χ1v) is 7.98. The van der Waals surface area contributed by atoms with Gasteiger partial charge in [-0.25, -0.2) is 17.9 Å². The Balaban J connectivity index is 2.68. The summed E-state index contributed by atoms with van der Waals surface area (Å²) in [7, 11) is -3.80. The molecule has 0 saturated carbocycles. The van der Waals surface area contributed by atoms with Crippen molar-refractivity contribution in [2.75, 3.05) is 6.54 Å². The molecule has 0 saturated heterocycles. The molecule has 5 nitrogen and oxygen atoms in total. The lowest BCUT2D eigenvalue weighted by atomic mass is 10.2. The van der Waals surface area contributed by atoms with Crippen LogP contribution in [0, 0.1) is 0 Å². The summed E-state index contributed by atoms with van der Waals surface area (Å²) in [5, 5.41) is 2.50. The SMILES string of the molecule is CCCCNC(=O)NS(=O)(=O)C(C)=Cc1ccccc1. The molecule has 0 aliphatic rings. The summed E-state index contributed by atoms with van der Waals surface area (Å²) in [6.45, 7) is 3.90. The molecule has 0 aliphatic heterocycles. The highest BCUT2D eigenvalue weighted by Crippen LogP contribution is 2.10. The third-order valence-corrected chi connectivity index (χ3v) is 4.06. The number of hydrogen-bond donors (Lipinski definition) is 2. The largest absolute Gasteiger partial charge is 0.337 e. The molecule has 0 atom stereocenters. The van der Waals surface area contributed by atoms with E-state index in [-0.39, 0.29) is 4.91 Å². The maximum Gasteiger partial charge on any atom is 0.328 e. The molecule has 0 radical (unpaired) electrons. The summed E-state index contributed by atoms with van der Waals surface area (Å²) in [6.07, 6.45) is 3.26. The Morgan fingerprint density at radius 1 is 1.25 bits per heavy atom. The fourth-order valence-corrected chi connectivity index (χ4v) is 2.25. The summed E-state index contributed by atoms with van der Waals surface area (Å²) >= 11 is 0. The van der Waals surface area contributed by atoms with Crippen molar-refractivity contribution in [1.29, 1.82) is 0 Å². The highest BCUT2D eigenvalue weighted by Gasteiger charge is 2.16. The van der Waals surface area contributed by atoms with Gasteiger partial charge in [-0.15, -0.1) is 0 Å². The van der Waals surface area contributed by atoms with Gasteiger partial charge in [0.15, 0.2) is 0 Å². The number of nitrogens with one attached hydrogen (secondary N) is 2. The van der Waals surface area contributed by atoms with Crippen LogP contribution in [0.5, 0.6) is 0 Å². The summed E-state index contributed by atoms with van der Waals surface area (Å²) in [6, 6.07) is 8.37.